The molecule has 29 heavy (non-hydrogen) atoms. The number of benzene rings is 2. The molecular formula is C22H29N5O2. The number of nitrogens with zero attached hydrogens (tertiary/aromatic N) is 3. The molecule has 1 saturated heterocycles. The molecule has 1 fully saturated rings. The summed E-state index contributed by atoms with van der Waals surface area (Å²) in [4.78, 5) is 20.6. The first-order valence-electron chi connectivity index (χ1n) is 9.92. The predicted octanol–water partition coefficient (Wildman–Crippen LogP) is 2.08. The number of piperazine rings is 1. The average molecular weight is 396 g/mol. The first kappa shape index (κ1) is 20.5. The number of guanidine groups is 1. The molecule has 0 radical (unpaired) electrons. The van der Waals surface area contributed by atoms with Gasteiger partial charge in [0.15, 0.2) is 5.96 Å². The van der Waals surface area contributed by atoms with Crippen molar-refractivity contribution in [3.8, 4) is 5.75 Å². The summed E-state index contributed by atoms with van der Waals surface area (Å²) in [6, 6.07) is 15.4. The lowest BCUT2D eigenvalue weighted by atomic mass is 10.1. The van der Waals surface area contributed by atoms with E-state index in [4.69, 9.17) is 15.5 Å². The van der Waals surface area contributed by atoms with Gasteiger partial charge < -0.3 is 25.6 Å². The Labute approximate surface area is 172 Å². The third kappa shape index (κ3) is 5.19. The lowest BCUT2D eigenvalue weighted by molar-refractivity contribution is 0.100. The summed E-state index contributed by atoms with van der Waals surface area (Å²) in [6.07, 6.45) is 0. The molecule has 0 atom stereocenters. The van der Waals surface area contributed by atoms with E-state index in [1.807, 2.05) is 30.3 Å². The van der Waals surface area contributed by atoms with Crippen LogP contribution in [0.1, 0.15) is 22.8 Å². The number of methoxy groups -OCH3 is 1. The largest absolute Gasteiger partial charge is 0.495 e. The number of carbonyl (C=O) groups excluding carboxylic acids is 1. The van der Waals surface area contributed by atoms with Crippen molar-refractivity contribution in [3.05, 3.63) is 59.7 Å². The van der Waals surface area contributed by atoms with Crippen LogP contribution < -0.4 is 20.7 Å². The van der Waals surface area contributed by atoms with E-state index in [0.717, 1.165) is 55.7 Å². The predicted molar refractivity (Wildman–Crippen MR) is 117 cm³/mol. The van der Waals surface area contributed by atoms with Gasteiger partial charge in [-0.3, -0.25) is 4.79 Å². The number of para-hydroxylation sites is 2. The van der Waals surface area contributed by atoms with Gasteiger partial charge in [-0.25, -0.2) is 4.99 Å². The van der Waals surface area contributed by atoms with Gasteiger partial charge in [0, 0.05) is 38.3 Å². The van der Waals surface area contributed by atoms with E-state index >= 15 is 0 Å². The standard InChI is InChI=1S/C22H29N5O2/c1-3-24-22(25-16-17-8-10-18(11-9-17)21(23)28)27-14-12-26(13-15-27)19-6-4-5-7-20(19)29-2/h4-11H,3,12-16H2,1-2H3,(H2,23,28)(H,24,25). The molecule has 0 aromatic heterocycles. The molecule has 2 aromatic carbocycles. The SMILES string of the molecule is CCNC(=NCc1ccc(C(N)=O)cc1)N1CCN(c2ccccc2OC)CC1. The maximum absolute atomic E-state index is 11.2. The van der Waals surface area contributed by atoms with Crippen LogP contribution in [0, 0.1) is 0 Å². The number of anilines is 1. The Hall–Kier alpha value is -3.22. The summed E-state index contributed by atoms with van der Waals surface area (Å²) in [5, 5.41) is 3.39. The molecule has 1 aliphatic heterocycles. The first-order chi connectivity index (χ1) is 14.1. The highest BCUT2D eigenvalue weighted by atomic mass is 16.5. The van der Waals surface area contributed by atoms with E-state index in [-0.39, 0.29) is 0 Å². The first-order valence-corrected chi connectivity index (χ1v) is 9.92. The van der Waals surface area contributed by atoms with Crippen molar-refractivity contribution in [3.63, 3.8) is 0 Å². The van der Waals surface area contributed by atoms with Crippen LogP contribution in [0.4, 0.5) is 5.69 Å². The summed E-state index contributed by atoms with van der Waals surface area (Å²) < 4.78 is 5.50. The molecular weight excluding hydrogens is 366 g/mol. The van der Waals surface area contributed by atoms with Crippen LogP contribution in [-0.2, 0) is 6.54 Å². The Morgan fingerprint density at radius 2 is 1.79 bits per heavy atom. The fourth-order valence-corrected chi connectivity index (χ4v) is 3.42. The molecule has 3 rings (SSSR count). The van der Waals surface area contributed by atoms with Crippen molar-refractivity contribution < 1.29 is 9.53 Å². The Kier molecular flexibility index (Phi) is 6.94. The van der Waals surface area contributed by atoms with Gasteiger partial charge in [0.05, 0.1) is 19.3 Å². The molecule has 1 heterocycles. The van der Waals surface area contributed by atoms with Gasteiger partial charge >= 0.3 is 0 Å². The van der Waals surface area contributed by atoms with Crippen molar-refractivity contribution in [2.45, 2.75) is 13.5 Å². The van der Waals surface area contributed by atoms with E-state index in [1.54, 1.807) is 19.2 Å². The van der Waals surface area contributed by atoms with Crippen LogP contribution in [0.3, 0.4) is 0 Å². The molecule has 0 aliphatic carbocycles. The molecule has 1 amide bonds. The van der Waals surface area contributed by atoms with Crippen LogP contribution in [0.2, 0.25) is 0 Å². The van der Waals surface area contributed by atoms with Crippen molar-refractivity contribution in [1.82, 2.24) is 10.2 Å². The van der Waals surface area contributed by atoms with Crippen LogP contribution in [-0.4, -0.2) is 56.6 Å². The van der Waals surface area contributed by atoms with E-state index in [0.29, 0.717) is 12.1 Å². The lowest BCUT2D eigenvalue weighted by Gasteiger charge is -2.38. The second-order valence-corrected chi connectivity index (χ2v) is 6.88. The Morgan fingerprint density at radius 1 is 1.10 bits per heavy atom. The van der Waals surface area contributed by atoms with Gasteiger partial charge in [-0.1, -0.05) is 24.3 Å². The van der Waals surface area contributed by atoms with Crippen LogP contribution >= 0.6 is 0 Å². The van der Waals surface area contributed by atoms with Crippen molar-refractivity contribution >= 4 is 17.6 Å². The molecule has 0 saturated carbocycles. The highest BCUT2D eigenvalue weighted by Crippen LogP contribution is 2.28. The van der Waals surface area contributed by atoms with Gasteiger partial charge in [0.25, 0.3) is 0 Å². The minimum atomic E-state index is -0.415. The summed E-state index contributed by atoms with van der Waals surface area (Å²) in [7, 11) is 1.71. The van der Waals surface area contributed by atoms with Gasteiger partial charge in [0.2, 0.25) is 5.91 Å². The zero-order valence-corrected chi connectivity index (χ0v) is 17.1. The molecule has 0 spiro atoms. The minimum Gasteiger partial charge on any atom is -0.495 e. The monoisotopic (exact) mass is 395 g/mol. The van der Waals surface area contributed by atoms with Crippen LogP contribution in [0.5, 0.6) is 5.75 Å². The zero-order chi connectivity index (χ0) is 20.6. The Morgan fingerprint density at radius 3 is 2.41 bits per heavy atom. The number of hydrogen-bond donors (Lipinski definition) is 2. The molecule has 2 aromatic rings. The van der Waals surface area contributed by atoms with Crippen LogP contribution in [0.25, 0.3) is 0 Å². The highest BCUT2D eigenvalue weighted by molar-refractivity contribution is 5.92. The van der Waals surface area contributed by atoms with Crippen molar-refractivity contribution in [1.29, 1.82) is 0 Å². The van der Waals surface area contributed by atoms with Gasteiger partial charge in [-0.2, -0.15) is 0 Å². The molecule has 0 unspecified atom stereocenters. The quantitative estimate of drug-likeness (QED) is 0.578. The average Bonchev–Trinajstić information content (AvgIpc) is 2.77. The lowest BCUT2D eigenvalue weighted by Crippen LogP contribution is -2.52. The molecule has 1 aliphatic rings. The van der Waals surface area contributed by atoms with E-state index in [2.05, 4.69) is 28.1 Å². The third-order valence-electron chi connectivity index (χ3n) is 4.99. The number of rotatable bonds is 6. The number of ether oxygens (including phenoxy) is 1. The molecule has 154 valence electrons. The summed E-state index contributed by atoms with van der Waals surface area (Å²) in [6.45, 7) is 6.99. The molecule has 0 bridgehead atoms. The van der Waals surface area contributed by atoms with E-state index in [1.165, 1.54) is 0 Å². The zero-order valence-electron chi connectivity index (χ0n) is 17.1. The number of amides is 1. The maximum Gasteiger partial charge on any atom is 0.248 e. The Bertz CT molecular complexity index is 843. The maximum atomic E-state index is 11.2. The number of hydrogen-bond acceptors (Lipinski definition) is 4. The van der Waals surface area contributed by atoms with Crippen molar-refractivity contribution in [2.75, 3.05) is 44.7 Å². The fraction of sp³-hybridized carbons (Fsp3) is 0.364. The highest BCUT2D eigenvalue weighted by Gasteiger charge is 2.21. The number of carbonyl (C=O) groups is 1. The van der Waals surface area contributed by atoms with E-state index < -0.39 is 5.91 Å². The summed E-state index contributed by atoms with van der Waals surface area (Å²) in [5.74, 6) is 1.40. The topological polar surface area (TPSA) is 83.2 Å². The normalized spacial score (nSPS) is 14.6. The third-order valence-corrected chi connectivity index (χ3v) is 4.99. The van der Waals surface area contributed by atoms with Gasteiger partial charge in [-0.05, 0) is 36.8 Å². The number of aliphatic imine (C=N–C) groups is 1. The van der Waals surface area contributed by atoms with Gasteiger partial charge in [0.1, 0.15) is 5.75 Å². The second-order valence-electron chi connectivity index (χ2n) is 6.88. The smallest absolute Gasteiger partial charge is 0.248 e. The number of nitrogens with two attached hydrogens (primary N) is 1. The summed E-state index contributed by atoms with van der Waals surface area (Å²) in [5.41, 5.74) is 7.98. The minimum absolute atomic E-state index is 0.415. The van der Waals surface area contributed by atoms with Crippen LogP contribution in [0.15, 0.2) is 53.5 Å². The molecule has 7 heteroatoms. The van der Waals surface area contributed by atoms with E-state index in [9.17, 15) is 4.79 Å². The molecule has 3 N–H and O–H groups in total. The number of primary amides is 1. The van der Waals surface area contributed by atoms with Crippen molar-refractivity contribution in [2.24, 2.45) is 10.7 Å². The fourth-order valence-electron chi connectivity index (χ4n) is 3.42. The summed E-state index contributed by atoms with van der Waals surface area (Å²) >= 11 is 0. The molecule has 7 nitrogen and oxygen atoms in total. The van der Waals surface area contributed by atoms with Gasteiger partial charge in [-0.15, -0.1) is 0 Å². The number of nitrogens with one attached hydrogen (secondary N) is 1. The second kappa shape index (κ2) is 9.82. The Balaban J connectivity index is 1.64.